The molecule has 0 atom stereocenters. The normalized spacial score (nSPS) is 15.2. The third-order valence-electron chi connectivity index (χ3n) is 4.01. The van der Waals surface area contributed by atoms with E-state index in [0.717, 1.165) is 31.5 Å². The van der Waals surface area contributed by atoms with Crippen LogP contribution in [0, 0.1) is 0 Å². The van der Waals surface area contributed by atoms with Gasteiger partial charge in [-0.25, -0.2) is 0 Å². The summed E-state index contributed by atoms with van der Waals surface area (Å²) in [7, 11) is 2.92. The predicted molar refractivity (Wildman–Crippen MR) is 84.6 cm³/mol. The second kappa shape index (κ2) is 7.85. The lowest BCUT2D eigenvalue weighted by Gasteiger charge is -2.31. The molecule has 0 N–H and O–H groups in total. The average Bonchev–Trinajstić information content (AvgIpc) is 2.56. The van der Waals surface area contributed by atoms with Gasteiger partial charge in [0, 0.05) is 44.5 Å². The quantitative estimate of drug-likeness (QED) is 0.774. The molecule has 0 aromatic heterocycles. The summed E-state index contributed by atoms with van der Waals surface area (Å²) in [5, 5.41) is 0. The summed E-state index contributed by atoms with van der Waals surface area (Å²) < 4.78 is 16.0. The van der Waals surface area contributed by atoms with Crippen LogP contribution in [0.4, 0.5) is 0 Å². The maximum atomic E-state index is 11.4. The molecule has 0 radical (unpaired) electrons. The van der Waals surface area contributed by atoms with Crippen molar-refractivity contribution in [1.29, 1.82) is 0 Å². The molecule has 1 aliphatic rings. The maximum absolute atomic E-state index is 11.4. The molecule has 0 saturated carbocycles. The third kappa shape index (κ3) is 4.61. The van der Waals surface area contributed by atoms with Crippen molar-refractivity contribution in [3.8, 4) is 11.5 Å². The van der Waals surface area contributed by atoms with E-state index >= 15 is 0 Å². The number of ether oxygens (including phenoxy) is 3. The highest BCUT2D eigenvalue weighted by Crippen LogP contribution is 2.27. The van der Waals surface area contributed by atoms with E-state index in [4.69, 9.17) is 9.47 Å². The standard InChI is InChI=1S/C17H23NO5/c1-12(19)18-8-6-14(7-9-18)23-15-5-4-13(10-17(20)22-3)16(11-15)21-2/h4-5,11,14H,6-10H2,1-3H3. The summed E-state index contributed by atoms with van der Waals surface area (Å²) in [5.74, 6) is 1.11. The minimum Gasteiger partial charge on any atom is -0.496 e. The van der Waals surface area contributed by atoms with E-state index in [-0.39, 0.29) is 24.4 Å². The number of hydrogen-bond donors (Lipinski definition) is 0. The van der Waals surface area contributed by atoms with Gasteiger partial charge in [-0.3, -0.25) is 9.59 Å². The van der Waals surface area contributed by atoms with Gasteiger partial charge in [-0.05, 0) is 6.07 Å². The van der Waals surface area contributed by atoms with Gasteiger partial charge >= 0.3 is 5.97 Å². The van der Waals surface area contributed by atoms with Gasteiger partial charge in [0.2, 0.25) is 5.91 Å². The van der Waals surface area contributed by atoms with Crippen molar-refractivity contribution in [2.45, 2.75) is 32.3 Å². The molecule has 6 nitrogen and oxygen atoms in total. The molecule has 2 rings (SSSR count). The molecule has 0 bridgehead atoms. The highest BCUT2D eigenvalue weighted by atomic mass is 16.5. The van der Waals surface area contributed by atoms with Gasteiger partial charge in [0.25, 0.3) is 0 Å². The van der Waals surface area contributed by atoms with Crippen LogP contribution in [-0.2, 0) is 20.7 Å². The number of esters is 1. The van der Waals surface area contributed by atoms with Gasteiger partial charge in [-0.1, -0.05) is 6.07 Å². The Bertz CT molecular complexity index is 564. The van der Waals surface area contributed by atoms with Gasteiger partial charge < -0.3 is 19.1 Å². The molecule has 0 aliphatic carbocycles. The largest absolute Gasteiger partial charge is 0.496 e. The van der Waals surface area contributed by atoms with Gasteiger partial charge in [-0.2, -0.15) is 0 Å². The Morgan fingerprint density at radius 1 is 1.22 bits per heavy atom. The van der Waals surface area contributed by atoms with Gasteiger partial charge in [0.15, 0.2) is 0 Å². The molecule has 1 saturated heterocycles. The molecule has 1 fully saturated rings. The van der Waals surface area contributed by atoms with Crippen molar-refractivity contribution in [3.63, 3.8) is 0 Å². The van der Waals surface area contributed by atoms with E-state index < -0.39 is 0 Å². The lowest BCUT2D eigenvalue weighted by Crippen LogP contribution is -2.40. The van der Waals surface area contributed by atoms with Gasteiger partial charge in [0.1, 0.15) is 17.6 Å². The zero-order valence-corrected chi connectivity index (χ0v) is 13.8. The molecule has 23 heavy (non-hydrogen) atoms. The van der Waals surface area contributed by atoms with Crippen molar-refractivity contribution in [1.82, 2.24) is 4.90 Å². The Hall–Kier alpha value is -2.24. The monoisotopic (exact) mass is 321 g/mol. The van der Waals surface area contributed by atoms with Gasteiger partial charge in [0.05, 0.1) is 20.6 Å². The molecule has 1 heterocycles. The summed E-state index contributed by atoms with van der Waals surface area (Å²) in [4.78, 5) is 24.6. The smallest absolute Gasteiger partial charge is 0.310 e. The SMILES string of the molecule is COC(=O)Cc1ccc(OC2CCN(C(C)=O)CC2)cc1OC. The van der Waals surface area contributed by atoms with Crippen molar-refractivity contribution >= 4 is 11.9 Å². The van der Waals surface area contributed by atoms with Crippen LogP contribution in [0.3, 0.4) is 0 Å². The summed E-state index contributed by atoms with van der Waals surface area (Å²) in [6, 6.07) is 5.43. The fourth-order valence-corrected chi connectivity index (χ4v) is 2.65. The summed E-state index contributed by atoms with van der Waals surface area (Å²) >= 11 is 0. The van der Waals surface area contributed by atoms with Crippen LogP contribution < -0.4 is 9.47 Å². The van der Waals surface area contributed by atoms with Gasteiger partial charge in [-0.15, -0.1) is 0 Å². The molecule has 1 aliphatic heterocycles. The first-order valence-electron chi connectivity index (χ1n) is 7.69. The Morgan fingerprint density at radius 2 is 1.91 bits per heavy atom. The number of carbonyl (C=O) groups excluding carboxylic acids is 2. The second-order valence-corrected chi connectivity index (χ2v) is 5.55. The Kier molecular flexibility index (Phi) is 5.84. The van der Waals surface area contributed by atoms with Crippen LogP contribution in [0.1, 0.15) is 25.3 Å². The number of nitrogens with zero attached hydrogens (tertiary/aromatic N) is 1. The third-order valence-corrected chi connectivity index (χ3v) is 4.01. The molecule has 126 valence electrons. The number of likely N-dealkylation sites (tertiary alicyclic amines) is 1. The minimum absolute atomic E-state index is 0.0850. The lowest BCUT2D eigenvalue weighted by molar-refractivity contribution is -0.139. The number of benzene rings is 1. The average molecular weight is 321 g/mol. The number of hydrogen-bond acceptors (Lipinski definition) is 5. The summed E-state index contributed by atoms with van der Waals surface area (Å²) in [6.07, 6.45) is 1.87. The van der Waals surface area contributed by atoms with E-state index in [0.29, 0.717) is 11.5 Å². The highest BCUT2D eigenvalue weighted by molar-refractivity contribution is 5.74. The van der Waals surface area contributed by atoms with Crippen LogP contribution in [0.5, 0.6) is 11.5 Å². The fourth-order valence-electron chi connectivity index (χ4n) is 2.65. The van der Waals surface area contributed by atoms with Crippen LogP contribution in [0.25, 0.3) is 0 Å². The van der Waals surface area contributed by atoms with Crippen LogP contribution in [-0.4, -0.2) is 50.2 Å². The first kappa shape index (κ1) is 17.1. The van der Waals surface area contributed by atoms with E-state index in [9.17, 15) is 9.59 Å². The van der Waals surface area contributed by atoms with Crippen molar-refractivity contribution in [3.05, 3.63) is 23.8 Å². The molecule has 6 heteroatoms. The van der Waals surface area contributed by atoms with Crippen LogP contribution >= 0.6 is 0 Å². The first-order chi connectivity index (χ1) is 11.0. The van der Waals surface area contributed by atoms with E-state index in [1.807, 2.05) is 17.0 Å². The lowest BCUT2D eigenvalue weighted by atomic mass is 10.1. The first-order valence-corrected chi connectivity index (χ1v) is 7.69. The molecule has 1 amide bonds. The number of amides is 1. The summed E-state index contributed by atoms with van der Waals surface area (Å²) in [6.45, 7) is 3.03. The molecular weight excluding hydrogens is 298 g/mol. The zero-order chi connectivity index (χ0) is 16.8. The Labute approximate surface area is 136 Å². The molecular formula is C17H23NO5. The summed E-state index contributed by atoms with van der Waals surface area (Å²) in [5.41, 5.74) is 0.762. The Balaban J connectivity index is 1.98. The minimum atomic E-state index is -0.312. The number of methoxy groups -OCH3 is 2. The van der Waals surface area contributed by atoms with E-state index in [1.54, 1.807) is 20.1 Å². The number of carbonyl (C=O) groups is 2. The van der Waals surface area contributed by atoms with Crippen LogP contribution in [0.15, 0.2) is 18.2 Å². The maximum Gasteiger partial charge on any atom is 0.310 e. The van der Waals surface area contributed by atoms with Crippen molar-refractivity contribution < 1.29 is 23.8 Å². The molecule has 1 aromatic rings. The number of rotatable bonds is 5. The molecule has 0 spiro atoms. The molecule has 1 aromatic carbocycles. The zero-order valence-electron chi connectivity index (χ0n) is 13.8. The fraction of sp³-hybridized carbons (Fsp3) is 0.529. The Morgan fingerprint density at radius 3 is 2.48 bits per heavy atom. The molecule has 0 unspecified atom stereocenters. The van der Waals surface area contributed by atoms with Crippen molar-refractivity contribution in [2.24, 2.45) is 0 Å². The van der Waals surface area contributed by atoms with E-state index in [2.05, 4.69) is 4.74 Å². The highest BCUT2D eigenvalue weighted by Gasteiger charge is 2.22. The van der Waals surface area contributed by atoms with Crippen molar-refractivity contribution in [2.75, 3.05) is 27.3 Å². The van der Waals surface area contributed by atoms with Crippen LogP contribution in [0.2, 0.25) is 0 Å². The topological polar surface area (TPSA) is 65.1 Å². The predicted octanol–water partition coefficient (Wildman–Crippen LogP) is 1.80. The number of piperidine rings is 1. The van der Waals surface area contributed by atoms with E-state index in [1.165, 1.54) is 7.11 Å². The second-order valence-electron chi connectivity index (χ2n) is 5.55.